The molecule has 4 heteroatoms. The topological polar surface area (TPSA) is 29.5 Å². The number of carbonyl (C=O) groups is 1. The Hall–Kier alpha value is -1.06. The molecule has 0 unspecified atom stereocenters. The summed E-state index contributed by atoms with van der Waals surface area (Å²) < 4.78 is 5.11. The van der Waals surface area contributed by atoms with Gasteiger partial charge in [-0.1, -0.05) is 29.8 Å². The molecule has 0 spiro atoms. The minimum Gasteiger partial charge on any atom is -0.464 e. The standard InChI is InChI=1S/C13H19NO2.ClH/c1-11-4-6-12(7-5-11)10-13(15)16-9-8-14(2)3;/h4-7H,8-10H2,1-3H3;1H. The van der Waals surface area contributed by atoms with Gasteiger partial charge in [0.25, 0.3) is 0 Å². The number of halogens is 1. The van der Waals surface area contributed by atoms with Crippen molar-refractivity contribution >= 4 is 18.4 Å². The highest BCUT2D eigenvalue weighted by Crippen LogP contribution is 2.04. The van der Waals surface area contributed by atoms with Gasteiger partial charge in [-0.2, -0.15) is 0 Å². The fraction of sp³-hybridized carbons (Fsp3) is 0.462. The fourth-order valence-electron chi connectivity index (χ4n) is 1.27. The molecule has 0 fully saturated rings. The Kier molecular flexibility index (Phi) is 7.59. The molecule has 0 aliphatic carbocycles. The summed E-state index contributed by atoms with van der Waals surface area (Å²) in [4.78, 5) is 13.4. The van der Waals surface area contributed by atoms with Crippen LogP contribution in [0.2, 0.25) is 0 Å². The second-order valence-corrected chi connectivity index (χ2v) is 4.19. The molecule has 0 bridgehead atoms. The van der Waals surface area contributed by atoms with Crippen molar-refractivity contribution in [2.75, 3.05) is 27.2 Å². The normalized spacial score (nSPS) is 9.88. The summed E-state index contributed by atoms with van der Waals surface area (Å²) in [5.41, 5.74) is 2.20. The van der Waals surface area contributed by atoms with Gasteiger partial charge in [-0.15, -0.1) is 12.4 Å². The number of carbonyl (C=O) groups excluding carboxylic acids is 1. The van der Waals surface area contributed by atoms with Crippen LogP contribution in [-0.4, -0.2) is 38.1 Å². The number of aryl methyl sites for hydroxylation is 1. The Balaban J connectivity index is 0.00000256. The zero-order valence-corrected chi connectivity index (χ0v) is 11.4. The summed E-state index contributed by atoms with van der Waals surface area (Å²) in [7, 11) is 3.90. The minimum absolute atomic E-state index is 0. The summed E-state index contributed by atoms with van der Waals surface area (Å²) in [5.74, 6) is -0.161. The summed E-state index contributed by atoms with van der Waals surface area (Å²) in [6.07, 6.45) is 0.355. The van der Waals surface area contributed by atoms with E-state index < -0.39 is 0 Å². The van der Waals surface area contributed by atoms with Gasteiger partial charge in [0.1, 0.15) is 6.61 Å². The lowest BCUT2D eigenvalue weighted by atomic mass is 10.1. The molecule has 96 valence electrons. The van der Waals surface area contributed by atoms with Crippen LogP contribution in [0.3, 0.4) is 0 Å². The quantitative estimate of drug-likeness (QED) is 0.757. The maximum atomic E-state index is 11.4. The SMILES string of the molecule is Cc1ccc(CC(=O)OCCN(C)C)cc1.Cl. The van der Waals surface area contributed by atoms with E-state index in [1.807, 2.05) is 50.2 Å². The molecule has 0 radical (unpaired) electrons. The van der Waals surface area contributed by atoms with Gasteiger partial charge < -0.3 is 9.64 Å². The molecule has 0 amide bonds. The van der Waals surface area contributed by atoms with Crippen LogP contribution in [0, 0.1) is 6.92 Å². The van der Waals surface area contributed by atoms with Gasteiger partial charge in [0, 0.05) is 6.54 Å². The lowest BCUT2D eigenvalue weighted by Crippen LogP contribution is -2.20. The van der Waals surface area contributed by atoms with Gasteiger partial charge in [-0.05, 0) is 26.6 Å². The van der Waals surface area contributed by atoms with Crippen LogP contribution in [0.25, 0.3) is 0 Å². The smallest absolute Gasteiger partial charge is 0.310 e. The van der Waals surface area contributed by atoms with Crippen LogP contribution in [-0.2, 0) is 16.0 Å². The molecule has 3 nitrogen and oxygen atoms in total. The highest BCUT2D eigenvalue weighted by Gasteiger charge is 2.04. The number of nitrogens with zero attached hydrogens (tertiary/aromatic N) is 1. The number of hydrogen-bond donors (Lipinski definition) is 0. The second kappa shape index (κ2) is 8.09. The van der Waals surface area contributed by atoms with Crippen molar-refractivity contribution in [3.05, 3.63) is 35.4 Å². The van der Waals surface area contributed by atoms with Crippen molar-refractivity contribution in [2.24, 2.45) is 0 Å². The molecule has 1 aromatic carbocycles. The molecule has 0 saturated heterocycles. The van der Waals surface area contributed by atoms with E-state index in [-0.39, 0.29) is 18.4 Å². The summed E-state index contributed by atoms with van der Waals surface area (Å²) in [6.45, 7) is 3.25. The van der Waals surface area contributed by atoms with Crippen molar-refractivity contribution in [1.82, 2.24) is 4.90 Å². The lowest BCUT2D eigenvalue weighted by molar-refractivity contribution is -0.143. The largest absolute Gasteiger partial charge is 0.464 e. The van der Waals surface area contributed by atoms with Gasteiger partial charge in [0.15, 0.2) is 0 Å². The Morgan fingerprint density at radius 3 is 2.35 bits per heavy atom. The Morgan fingerprint density at radius 1 is 1.24 bits per heavy atom. The van der Waals surface area contributed by atoms with E-state index in [2.05, 4.69) is 0 Å². The van der Waals surface area contributed by atoms with E-state index in [1.165, 1.54) is 5.56 Å². The first-order valence-corrected chi connectivity index (χ1v) is 5.44. The van der Waals surface area contributed by atoms with Crippen molar-refractivity contribution < 1.29 is 9.53 Å². The monoisotopic (exact) mass is 257 g/mol. The molecule has 1 aromatic rings. The van der Waals surface area contributed by atoms with Crippen molar-refractivity contribution in [3.8, 4) is 0 Å². The number of hydrogen-bond acceptors (Lipinski definition) is 3. The van der Waals surface area contributed by atoms with Gasteiger partial charge >= 0.3 is 5.97 Å². The lowest BCUT2D eigenvalue weighted by Gasteiger charge is -2.09. The van der Waals surface area contributed by atoms with E-state index in [4.69, 9.17) is 4.74 Å². The molecule has 0 heterocycles. The molecule has 0 aliphatic heterocycles. The third kappa shape index (κ3) is 6.97. The van der Waals surface area contributed by atoms with Crippen LogP contribution >= 0.6 is 12.4 Å². The van der Waals surface area contributed by atoms with E-state index in [9.17, 15) is 4.79 Å². The van der Waals surface area contributed by atoms with Crippen LogP contribution in [0.1, 0.15) is 11.1 Å². The van der Waals surface area contributed by atoms with Crippen molar-refractivity contribution in [2.45, 2.75) is 13.3 Å². The highest BCUT2D eigenvalue weighted by molar-refractivity contribution is 5.85. The molecular formula is C13H20ClNO2. The van der Waals surface area contributed by atoms with E-state index in [1.54, 1.807) is 0 Å². The Labute approximate surface area is 109 Å². The first-order valence-electron chi connectivity index (χ1n) is 5.44. The highest BCUT2D eigenvalue weighted by atomic mass is 35.5. The number of rotatable bonds is 5. The van der Waals surface area contributed by atoms with Gasteiger partial charge in [0.05, 0.1) is 6.42 Å². The predicted octanol–water partition coefficient (Wildman–Crippen LogP) is 2.06. The van der Waals surface area contributed by atoms with Crippen LogP contribution in [0.4, 0.5) is 0 Å². The maximum absolute atomic E-state index is 11.4. The second-order valence-electron chi connectivity index (χ2n) is 4.19. The zero-order valence-electron chi connectivity index (χ0n) is 10.6. The van der Waals surface area contributed by atoms with Gasteiger partial charge in [0.2, 0.25) is 0 Å². The third-order valence-corrected chi connectivity index (χ3v) is 2.27. The maximum Gasteiger partial charge on any atom is 0.310 e. The Bertz CT molecular complexity index is 336. The number of likely N-dealkylation sites (N-methyl/N-ethyl adjacent to an activating group) is 1. The van der Waals surface area contributed by atoms with Crippen molar-refractivity contribution in [3.63, 3.8) is 0 Å². The molecule has 0 saturated carbocycles. The fourth-order valence-corrected chi connectivity index (χ4v) is 1.27. The zero-order chi connectivity index (χ0) is 12.0. The summed E-state index contributed by atoms with van der Waals surface area (Å²) >= 11 is 0. The first kappa shape index (κ1) is 15.9. The minimum atomic E-state index is -0.161. The van der Waals surface area contributed by atoms with Gasteiger partial charge in [-0.3, -0.25) is 4.79 Å². The average Bonchev–Trinajstić information content (AvgIpc) is 2.21. The molecule has 1 rings (SSSR count). The van der Waals surface area contributed by atoms with Crippen molar-refractivity contribution in [1.29, 1.82) is 0 Å². The Morgan fingerprint density at radius 2 is 1.82 bits per heavy atom. The number of esters is 1. The van der Waals surface area contributed by atoms with Gasteiger partial charge in [-0.25, -0.2) is 0 Å². The molecule has 0 aliphatic rings. The average molecular weight is 258 g/mol. The molecular weight excluding hydrogens is 238 g/mol. The van der Waals surface area contributed by atoms with E-state index in [0.29, 0.717) is 13.0 Å². The van der Waals surface area contributed by atoms with Crippen LogP contribution in [0.5, 0.6) is 0 Å². The van der Waals surface area contributed by atoms with E-state index >= 15 is 0 Å². The first-order chi connectivity index (χ1) is 7.58. The molecule has 0 N–H and O–H groups in total. The molecule has 0 atom stereocenters. The summed E-state index contributed by atoms with van der Waals surface area (Å²) in [6, 6.07) is 7.93. The van der Waals surface area contributed by atoms with Crippen LogP contribution in [0.15, 0.2) is 24.3 Å². The number of ether oxygens (including phenoxy) is 1. The molecule has 0 aromatic heterocycles. The summed E-state index contributed by atoms with van der Waals surface area (Å²) in [5, 5.41) is 0. The van der Waals surface area contributed by atoms with E-state index in [0.717, 1.165) is 12.1 Å². The third-order valence-electron chi connectivity index (χ3n) is 2.27. The predicted molar refractivity (Wildman–Crippen MR) is 71.6 cm³/mol. The number of benzene rings is 1. The molecule has 17 heavy (non-hydrogen) atoms. The van der Waals surface area contributed by atoms with Crippen LogP contribution < -0.4 is 0 Å².